The first-order chi connectivity index (χ1) is 14.3. The van der Waals surface area contributed by atoms with Gasteiger partial charge in [0.2, 0.25) is 0 Å². The van der Waals surface area contributed by atoms with Gasteiger partial charge in [-0.05, 0) is 56.0 Å². The number of thiophene rings is 1. The van der Waals surface area contributed by atoms with Gasteiger partial charge in [-0.3, -0.25) is 9.48 Å². The Kier molecular flexibility index (Phi) is 5.78. The smallest absolute Gasteiger partial charge is 0.161 e. The molecule has 4 aromatic rings. The standard InChI is InChI=1S/C24H23ClN2O2S/c1-16(28)24(2,3)29-15-19-13-21(23-12-17-8-5-7-11-22(17)30-23)27(26-19)14-18-9-4-6-10-20(18)25/h4-13H,14-15H2,1-3H3. The molecule has 0 radical (unpaired) electrons. The fraction of sp³-hybridized carbons (Fsp3) is 0.250. The Bertz CT molecular complexity index is 1180. The molecule has 0 amide bonds. The summed E-state index contributed by atoms with van der Waals surface area (Å²) in [5.41, 5.74) is 1.95. The number of hydrogen-bond donors (Lipinski definition) is 0. The largest absolute Gasteiger partial charge is 0.361 e. The van der Waals surface area contributed by atoms with E-state index in [1.54, 1.807) is 32.1 Å². The minimum Gasteiger partial charge on any atom is -0.361 e. The van der Waals surface area contributed by atoms with Crippen LogP contribution in [0.25, 0.3) is 20.7 Å². The molecule has 4 nitrogen and oxygen atoms in total. The zero-order valence-electron chi connectivity index (χ0n) is 17.2. The Morgan fingerprint density at radius 2 is 1.87 bits per heavy atom. The highest BCUT2D eigenvalue weighted by Gasteiger charge is 2.25. The third kappa shape index (κ3) is 4.33. The third-order valence-electron chi connectivity index (χ3n) is 5.22. The van der Waals surface area contributed by atoms with Gasteiger partial charge in [-0.2, -0.15) is 5.10 Å². The van der Waals surface area contributed by atoms with Crippen molar-refractivity contribution in [1.29, 1.82) is 0 Å². The Morgan fingerprint density at radius 3 is 2.60 bits per heavy atom. The van der Waals surface area contributed by atoms with E-state index in [1.165, 1.54) is 10.1 Å². The molecular weight excluding hydrogens is 416 g/mol. The number of nitrogens with zero attached hydrogens (tertiary/aromatic N) is 2. The molecular formula is C24H23ClN2O2S. The lowest BCUT2D eigenvalue weighted by atomic mass is 10.1. The molecule has 4 rings (SSSR count). The van der Waals surface area contributed by atoms with Crippen LogP contribution in [0.5, 0.6) is 0 Å². The van der Waals surface area contributed by atoms with Crippen LogP contribution in [0.2, 0.25) is 5.02 Å². The quantitative estimate of drug-likeness (QED) is 0.337. The summed E-state index contributed by atoms with van der Waals surface area (Å²) in [6.45, 7) is 5.92. The van der Waals surface area contributed by atoms with E-state index in [9.17, 15) is 4.79 Å². The molecule has 0 bridgehead atoms. The highest BCUT2D eigenvalue weighted by molar-refractivity contribution is 7.22. The molecule has 0 N–H and O–H groups in total. The number of benzene rings is 2. The lowest BCUT2D eigenvalue weighted by molar-refractivity contribution is -0.139. The fourth-order valence-corrected chi connectivity index (χ4v) is 4.39. The Hall–Kier alpha value is -2.47. The van der Waals surface area contributed by atoms with Gasteiger partial charge in [0.15, 0.2) is 5.78 Å². The summed E-state index contributed by atoms with van der Waals surface area (Å²) in [6, 6.07) is 20.3. The molecule has 0 atom stereocenters. The van der Waals surface area contributed by atoms with Crippen molar-refractivity contribution in [2.75, 3.05) is 0 Å². The minimum atomic E-state index is -0.843. The van der Waals surface area contributed by atoms with Crippen LogP contribution in [0.3, 0.4) is 0 Å². The van der Waals surface area contributed by atoms with Gasteiger partial charge < -0.3 is 4.74 Å². The monoisotopic (exact) mass is 438 g/mol. The van der Waals surface area contributed by atoms with Crippen molar-refractivity contribution < 1.29 is 9.53 Å². The maximum Gasteiger partial charge on any atom is 0.161 e. The van der Waals surface area contributed by atoms with E-state index in [-0.39, 0.29) is 12.4 Å². The molecule has 0 unspecified atom stereocenters. The maximum atomic E-state index is 11.8. The number of rotatable bonds is 7. The van der Waals surface area contributed by atoms with Gasteiger partial charge in [0.1, 0.15) is 5.60 Å². The molecule has 2 aromatic heterocycles. The molecule has 0 fully saturated rings. The van der Waals surface area contributed by atoms with Crippen LogP contribution in [-0.4, -0.2) is 21.2 Å². The van der Waals surface area contributed by atoms with E-state index in [0.29, 0.717) is 11.6 Å². The summed E-state index contributed by atoms with van der Waals surface area (Å²) < 4.78 is 9.06. The number of Topliss-reactive ketones (excluding diaryl/α,β-unsaturated/α-hetero) is 1. The summed E-state index contributed by atoms with van der Waals surface area (Å²) in [6.07, 6.45) is 0. The second kappa shape index (κ2) is 8.34. The molecule has 0 aliphatic carbocycles. The number of hydrogen-bond acceptors (Lipinski definition) is 4. The van der Waals surface area contributed by atoms with Crippen LogP contribution in [0, 0.1) is 0 Å². The SMILES string of the molecule is CC(=O)C(C)(C)OCc1cc(-c2cc3ccccc3s2)n(Cc2ccccc2Cl)n1. The lowest BCUT2D eigenvalue weighted by Gasteiger charge is -2.21. The average Bonchev–Trinajstić information content (AvgIpc) is 3.32. The number of halogens is 1. The van der Waals surface area contributed by atoms with E-state index >= 15 is 0 Å². The van der Waals surface area contributed by atoms with Crippen molar-refractivity contribution >= 4 is 38.8 Å². The maximum absolute atomic E-state index is 11.8. The zero-order chi connectivity index (χ0) is 21.3. The lowest BCUT2D eigenvalue weighted by Crippen LogP contribution is -2.32. The number of ether oxygens (including phenoxy) is 1. The first-order valence-electron chi connectivity index (χ1n) is 9.77. The van der Waals surface area contributed by atoms with Gasteiger partial charge in [-0.15, -0.1) is 11.3 Å². The van der Waals surface area contributed by atoms with Gasteiger partial charge in [0.25, 0.3) is 0 Å². The molecule has 2 aromatic carbocycles. The molecule has 6 heteroatoms. The van der Waals surface area contributed by atoms with Crippen LogP contribution >= 0.6 is 22.9 Å². The van der Waals surface area contributed by atoms with Crippen molar-refractivity contribution in [2.24, 2.45) is 0 Å². The molecule has 0 aliphatic heterocycles. The first kappa shape index (κ1) is 20.8. The second-order valence-electron chi connectivity index (χ2n) is 7.77. The van der Waals surface area contributed by atoms with Crippen LogP contribution < -0.4 is 0 Å². The highest BCUT2D eigenvalue weighted by Crippen LogP contribution is 2.34. The topological polar surface area (TPSA) is 44.1 Å². The summed E-state index contributed by atoms with van der Waals surface area (Å²) in [7, 11) is 0. The number of fused-ring (bicyclic) bond motifs is 1. The van der Waals surface area contributed by atoms with Crippen molar-refractivity contribution in [3.63, 3.8) is 0 Å². The Balaban J connectivity index is 1.71. The predicted octanol–water partition coefficient (Wildman–Crippen LogP) is 6.35. The van der Waals surface area contributed by atoms with E-state index < -0.39 is 5.60 Å². The Labute approximate surface area is 185 Å². The third-order valence-corrected chi connectivity index (χ3v) is 6.72. The second-order valence-corrected chi connectivity index (χ2v) is 9.26. The van der Waals surface area contributed by atoms with Crippen LogP contribution in [-0.2, 0) is 22.7 Å². The summed E-state index contributed by atoms with van der Waals surface area (Å²) in [5, 5.41) is 6.70. The molecule has 0 saturated heterocycles. The molecule has 0 spiro atoms. The minimum absolute atomic E-state index is 0.0114. The molecule has 30 heavy (non-hydrogen) atoms. The van der Waals surface area contributed by atoms with Crippen LogP contribution in [0.15, 0.2) is 60.7 Å². The fourth-order valence-electron chi connectivity index (χ4n) is 3.11. The zero-order valence-corrected chi connectivity index (χ0v) is 18.8. The number of aromatic nitrogens is 2. The van der Waals surface area contributed by atoms with Gasteiger partial charge in [-0.1, -0.05) is 48.0 Å². The van der Waals surface area contributed by atoms with Crippen LogP contribution in [0.4, 0.5) is 0 Å². The summed E-state index contributed by atoms with van der Waals surface area (Å²) >= 11 is 8.13. The van der Waals surface area contributed by atoms with E-state index in [0.717, 1.165) is 21.8 Å². The van der Waals surface area contributed by atoms with Crippen LogP contribution in [0.1, 0.15) is 32.0 Å². The van der Waals surface area contributed by atoms with Gasteiger partial charge in [-0.25, -0.2) is 0 Å². The van der Waals surface area contributed by atoms with E-state index in [4.69, 9.17) is 21.4 Å². The molecule has 0 saturated carbocycles. The predicted molar refractivity (Wildman–Crippen MR) is 123 cm³/mol. The summed E-state index contributed by atoms with van der Waals surface area (Å²) in [5.74, 6) is -0.0114. The molecule has 2 heterocycles. The van der Waals surface area contributed by atoms with Crippen molar-refractivity contribution in [2.45, 2.75) is 39.5 Å². The van der Waals surface area contributed by atoms with Gasteiger partial charge in [0, 0.05) is 9.72 Å². The Morgan fingerprint density at radius 1 is 1.13 bits per heavy atom. The number of carbonyl (C=O) groups excluding carboxylic acids is 1. The molecule has 154 valence electrons. The van der Waals surface area contributed by atoms with Crippen molar-refractivity contribution in [1.82, 2.24) is 9.78 Å². The number of ketones is 1. The van der Waals surface area contributed by atoms with Crippen molar-refractivity contribution in [3.8, 4) is 10.6 Å². The summed E-state index contributed by atoms with van der Waals surface area (Å²) in [4.78, 5) is 12.9. The van der Waals surface area contributed by atoms with Gasteiger partial charge >= 0.3 is 0 Å². The van der Waals surface area contributed by atoms with Gasteiger partial charge in [0.05, 0.1) is 29.4 Å². The number of carbonyl (C=O) groups is 1. The first-order valence-corrected chi connectivity index (χ1v) is 11.0. The normalized spacial score (nSPS) is 11.9. The highest BCUT2D eigenvalue weighted by atomic mass is 35.5. The van der Waals surface area contributed by atoms with E-state index in [2.05, 4.69) is 18.2 Å². The van der Waals surface area contributed by atoms with E-state index in [1.807, 2.05) is 47.1 Å². The average molecular weight is 439 g/mol. The molecule has 0 aliphatic rings. The van der Waals surface area contributed by atoms with Crippen molar-refractivity contribution in [3.05, 3.63) is 76.9 Å².